The van der Waals surface area contributed by atoms with Crippen molar-refractivity contribution in [1.29, 1.82) is 0 Å². The summed E-state index contributed by atoms with van der Waals surface area (Å²) in [6.45, 7) is 5.50. The van der Waals surface area contributed by atoms with Gasteiger partial charge in [0, 0.05) is 37.4 Å². The highest BCUT2D eigenvalue weighted by molar-refractivity contribution is 5.49. The predicted molar refractivity (Wildman–Crippen MR) is 98.1 cm³/mol. The van der Waals surface area contributed by atoms with Gasteiger partial charge < -0.3 is 19.7 Å². The molecule has 1 atom stereocenters. The molecule has 1 aromatic carbocycles. The van der Waals surface area contributed by atoms with Gasteiger partial charge in [0.05, 0.1) is 0 Å². The Labute approximate surface area is 149 Å². The van der Waals surface area contributed by atoms with Crippen molar-refractivity contribution in [2.75, 3.05) is 24.8 Å². The average Bonchev–Trinajstić information content (AvgIpc) is 3.16. The second-order valence-electron chi connectivity index (χ2n) is 6.75. The highest BCUT2D eigenvalue weighted by Gasteiger charge is 2.20. The fourth-order valence-electron chi connectivity index (χ4n) is 3.54. The van der Waals surface area contributed by atoms with Crippen LogP contribution < -0.4 is 19.7 Å². The third kappa shape index (κ3) is 3.56. The number of hydrogen-bond donors (Lipinski definition) is 1. The molecule has 132 valence electrons. The summed E-state index contributed by atoms with van der Waals surface area (Å²) in [6, 6.07) is 10.5. The van der Waals surface area contributed by atoms with Gasteiger partial charge in [-0.05, 0) is 49.9 Å². The number of fused-ring (bicyclic) bond motifs is 1. The van der Waals surface area contributed by atoms with E-state index in [-0.39, 0.29) is 6.04 Å². The van der Waals surface area contributed by atoms with Gasteiger partial charge in [-0.25, -0.2) is 4.98 Å². The molecular weight excluding hydrogens is 314 g/mol. The van der Waals surface area contributed by atoms with Crippen molar-refractivity contribution in [2.24, 2.45) is 0 Å². The highest BCUT2D eigenvalue weighted by Crippen LogP contribution is 2.38. The van der Waals surface area contributed by atoms with E-state index in [0.717, 1.165) is 42.5 Å². The quantitative estimate of drug-likeness (QED) is 0.901. The van der Waals surface area contributed by atoms with Crippen LogP contribution in [-0.2, 0) is 6.54 Å². The van der Waals surface area contributed by atoms with Crippen molar-refractivity contribution >= 4 is 5.82 Å². The van der Waals surface area contributed by atoms with E-state index in [1.54, 1.807) is 0 Å². The van der Waals surface area contributed by atoms with E-state index in [1.807, 2.05) is 18.3 Å². The molecule has 0 aliphatic carbocycles. The summed E-state index contributed by atoms with van der Waals surface area (Å²) < 4.78 is 11.1. The molecule has 3 heterocycles. The van der Waals surface area contributed by atoms with Crippen LogP contribution in [0.3, 0.4) is 0 Å². The van der Waals surface area contributed by atoms with Gasteiger partial charge in [0.15, 0.2) is 11.5 Å². The monoisotopic (exact) mass is 339 g/mol. The second kappa shape index (κ2) is 7.31. The maximum atomic E-state index is 5.62. The molecule has 1 N–H and O–H groups in total. The lowest BCUT2D eigenvalue weighted by Gasteiger charge is -2.28. The third-order valence-corrected chi connectivity index (χ3v) is 5.00. The normalized spacial score (nSPS) is 17.6. The molecule has 1 fully saturated rings. The SMILES string of the molecule is CC(NCc1ccnc(N2CCCCC2)c1)c1cccc2c1OCO2. The summed E-state index contributed by atoms with van der Waals surface area (Å²) in [4.78, 5) is 6.95. The molecule has 5 nitrogen and oxygen atoms in total. The van der Waals surface area contributed by atoms with Gasteiger partial charge in [0.2, 0.25) is 6.79 Å². The molecular formula is C20H25N3O2. The molecule has 0 radical (unpaired) electrons. The van der Waals surface area contributed by atoms with Crippen LogP contribution in [-0.4, -0.2) is 24.9 Å². The summed E-state index contributed by atoms with van der Waals surface area (Å²) in [5.41, 5.74) is 2.40. The summed E-state index contributed by atoms with van der Waals surface area (Å²) in [5.74, 6) is 2.80. The van der Waals surface area contributed by atoms with Gasteiger partial charge >= 0.3 is 0 Å². The minimum absolute atomic E-state index is 0.184. The minimum atomic E-state index is 0.184. The Hall–Kier alpha value is -2.27. The lowest BCUT2D eigenvalue weighted by Crippen LogP contribution is -2.30. The van der Waals surface area contributed by atoms with E-state index in [4.69, 9.17) is 9.47 Å². The second-order valence-corrected chi connectivity index (χ2v) is 6.75. The number of ether oxygens (including phenoxy) is 2. The lowest BCUT2D eigenvalue weighted by atomic mass is 10.1. The van der Waals surface area contributed by atoms with Crippen molar-refractivity contribution in [3.63, 3.8) is 0 Å². The first-order valence-corrected chi connectivity index (χ1v) is 9.13. The lowest BCUT2D eigenvalue weighted by molar-refractivity contribution is 0.173. The molecule has 0 saturated carbocycles. The fraction of sp³-hybridized carbons (Fsp3) is 0.450. The fourth-order valence-corrected chi connectivity index (χ4v) is 3.54. The number of anilines is 1. The molecule has 0 spiro atoms. The number of aromatic nitrogens is 1. The number of hydrogen-bond acceptors (Lipinski definition) is 5. The topological polar surface area (TPSA) is 46.6 Å². The number of pyridine rings is 1. The highest BCUT2D eigenvalue weighted by atomic mass is 16.7. The number of benzene rings is 1. The van der Waals surface area contributed by atoms with E-state index >= 15 is 0 Å². The zero-order valence-electron chi connectivity index (χ0n) is 14.7. The van der Waals surface area contributed by atoms with Gasteiger partial charge in [-0.2, -0.15) is 0 Å². The first kappa shape index (κ1) is 16.2. The Balaban J connectivity index is 1.42. The van der Waals surface area contributed by atoms with Crippen LogP contribution >= 0.6 is 0 Å². The van der Waals surface area contributed by atoms with Crippen LogP contribution in [0.25, 0.3) is 0 Å². The van der Waals surface area contributed by atoms with Crippen LogP contribution in [0.1, 0.15) is 43.4 Å². The number of rotatable bonds is 5. The van der Waals surface area contributed by atoms with Crippen molar-refractivity contribution in [2.45, 2.75) is 38.8 Å². The van der Waals surface area contributed by atoms with Crippen LogP contribution in [0.15, 0.2) is 36.5 Å². The Bertz CT molecular complexity index is 729. The molecule has 2 aromatic rings. The van der Waals surface area contributed by atoms with Gasteiger partial charge in [0.25, 0.3) is 0 Å². The molecule has 0 amide bonds. The molecule has 2 aliphatic heterocycles. The predicted octanol–water partition coefficient (Wildman–Crippen LogP) is 3.65. The third-order valence-electron chi connectivity index (χ3n) is 5.00. The van der Waals surface area contributed by atoms with E-state index in [1.165, 1.54) is 24.8 Å². The van der Waals surface area contributed by atoms with E-state index in [0.29, 0.717) is 6.79 Å². The van der Waals surface area contributed by atoms with Gasteiger partial charge in [-0.1, -0.05) is 12.1 Å². The molecule has 0 bridgehead atoms. The van der Waals surface area contributed by atoms with Crippen LogP contribution in [0.2, 0.25) is 0 Å². The molecule has 1 aromatic heterocycles. The summed E-state index contributed by atoms with van der Waals surface area (Å²) in [6.07, 6.45) is 5.79. The maximum absolute atomic E-state index is 5.62. The van der Waals surface area contributed by atoms with E-state index < -0.39 is 0 Å². The Morgan fingerprint density at radius 1 is 1.16 bits per heavy atom. The number of nitrogens with zero attached hydrogens (tertiary/aromatic N) is 2. The Kier molecular flexibility index (Phi) is 4.74. The van der Waals surface area contributed by atoms with E-state index in [9.17, 15) is 0 Å². The molecule has 1 unspecified atom stereocenters. The number of nitrogens with one attached hydrogen (secondary N) is 1. The van der Waals surface area contributed by atoms with Gasteiger partial charge in [0.1, 0.15) is 5.82 Å². The number of piperidine rings is 1. The summed E-state index contributed by atoms with van der Waals surface area (Å²) >= 11 is 0. The van der Waals surface area contributed by atoms with E-state index in [2.05, 4.69) is 40.3 Å². The first-order valence-electron chi connectivity index (χ1n) is 9.13. The van der Waals surface area contributed by atoms with Crippen molar-refractivity contribution in [3.05, 3.63) is 47.7 Å². The summed E-state index contributed by atoms with van der Waals surface area (Å²) in [7, 11) is 0. The molecule has 5 heteroatoms. The molecule has 2 aliphatic rings. The molecule has 1 saturated heterocycles. The van der Waals surface area contributed by atoms with Gasteiger partial charge in [-0.15, -0.1) is 0 Å². The average molecular weight is 339 g/mol. The maximum Gasteiger partial charge on any atom is 0.231 e. The minimum Gasteiger partial charge on any atom is -0.454 e. The molecule has 25 heavy (non-hydrogen) atoms. The zero-order chi connectivity index (χ0) is 17.1. The molecule has 4 rings (SSSR count). The smallest absolute Gasteiger partial charge is 0.231 e. The summed E-state index contributed by atoms with van der Waals surface area (Å²) in [5, 5.41) is 3.59. The largest absolute Gasteiger partial charge is 0.454 e. The Morgan fingerprint density at radius 2 is 2.04 bits per heavy atom. The van der Waals surface area contributed by atoms with Crippen molar-refractivity contribution in [1.82, 2.24) is 10.3 Å². The van der Waals surface area contributed by atoms with Crippen molar-refractivity contribution < 1.29 is 9.47 Å². The standard InChI is InChI=1S/C20H25N3O2/c1-15(17-6-5-7-18-20(17)25-14-24-18)22-13-16-8-9-21-19(12-16)23-10-3-2-4-11-23/h5-9,12,15,22H,2-4,10-11,13-14H2,1H3. The zero-order valence-corrected chi connectivity index (χ0v) is 14.7. The van der Waals surface area contributed by atoms with Crippen LogP contribution in [0.5, 0.6) is 11.5 Å². The number of para-hydroxylation sites is 1. The van der Waals surface area contributed by atoms with Crippen LogP contribution in [0, 0.1) is 0 Å². The Morgan fingerprint density at radius 3 is 2.92 bits per heavy atom. The first-order chi connectivity index (χ1) is 12.3. The van der Waals surface area contributed by atoms with Crippen molar-refractivity contribution in [3.8, 4) is 11.5 Å². The van der Waals surface area contributed by atoms with Crippen LogP contribution in [0.4, 0.5) is 5.82 Å². The van der Waals surface area contributed by atoms with Gasteiger partial charge in [-0.3, -0.25) is 0 Å².